The van der Waals surface area contributed by atoms with Gasteiger partial charge in [0, 0.05) is 34.9 Å². The third kappa shape index (κ3) is 2.63. The molecular weight excluding hydrogens is 228 g/mol. The van der Waals surface area contributed by atoms with Crippen LogP contribution in [0.25, 0.3) is 10.4 Å². The van der Waals surface area contributed by atoms with Crippen molar-refractivity contribution in [2.24, 2.45) is 5.11 Å². The van der Waals surface area contributed by atoms with Crippen molar-refractivity contribution in [2.45, 2.75) is 26.2 Å². The van der Waals surface area contributed by atoms with Crippen LogP contribution in [0.2, 0.25) is 0 Å². The van der Waals surface area contributed by atoms with Crippen LogP contribution in [-0.2, 0) is 0 Å². The summed E-state index contributed by atoms with van der Waals surface area (Å²) in [4.78, 5) is 16.6. The zero-order chi connectivity index (χ0) is 13.0. The molecule has 0 radical (unpaired) electrons. The summed E-state index contributed by atoms with van der Waals surface area (Å²) in [7, 11) is 0. The summed E-state index contributed by atoms with van der Waals surface area (Å²) in [5.41, 5.74) is 10.4. The van der Waals surface area contributed by atoms with E-state index in [0.29, 0.717) is 11.3 Å². The molecule has 5 heteroatoms. The van der Waals surface area contributed by atoms with Crippen LogP contribution in [0.4, 0.5) is 11.4 Å². The molecule has 0 aromatic heterocycles. The summed E-state index contributed by atoms with van der Waals surface area (Å²) in [5, 5.41) is 3.56. The maximum atomic E-state index is 11.6. The molecule has 2 rings (SSSR count). The molecule has 1 heterocycles. The molecule has 0 amide bonds. The van der Waals surface area contributed by atoms with Crippen molar-refractivity contribution in [3.8, 4) is 0 Å². The third-order valence-corrected chi connectivity index (χ3v) is 3.23. The van der Waals surface area contributed by atoms with Gasteiger partial charge in [0.05, 0.1) is 0 Å². The molecule has 18 heavy (non-hydrogen) atoms. The highest BCUT2D eigenvalue weighted by Gasteiger charge is 2.14. The molecule has 1 aliphatic rings. The van der Waals surface area contributed by atoms with Gasteiger partial charge in [-0.2, -0.15) is 0 Å². The Labute approximate surface area is 106 Å². The highest BCUT2D eigenvalue weighted by atomic mass is 16.1. The summed E-state index contributed by atoms with van der Waals surface area (Å²) in [6.45, 7) is 3.54. The molecule has 1 aliphatic heterocycles. The van der Waals surface area contributed by atoms with Crippen molar-refractivity contribution in [1.29, 1.82) is 0 Å². The van der Waals surface area contributed by atoms with Crippen LogP contribution in [0.15, 0.2) is 23.3 Å². The summed E-state index contributed by atoms with van der Waals surface area (Å²) in [6, 6.07) is 5.47. The van der Waals surface area contributed by atoms with E-state index in [-0.39, 0.29) is 5.78 Å². The average Bonchev–Trinajstić information content (AvgIpc) is 2.40. The Morgan fingerprint density at radius 3 is 2.67 bits per heavy atom. The largest absolute Gasteiger partial charge is 0.372 e. The van der Waals surface area contributed by atoms with Gasteiger partial charge in [-0.15, -0.1) is 0 Å². The van der Waals surface area contributed by atoms with E-state index in [9.17, 15) is 4.79 Å². The second-order valence-electron chi connectivity index (χ2n) is 4.49. The molecule has 0 unspecified atom stereocenters. The molecular formula is C13H16N4O. The van der Waals surface area contributed by atoms with Crippen LogP contribution in [-0.4, -0.2) is 18.9 Å². The SMILES string of the molecule is CC(=O)c1cc(N2CCCCC2)ccc1N=[N+]=[N-]. The second kappa shape index (κ2) is 5.56. The zero-order valence-corrected chi connectivity index (χ0v) is 10.5. The number of hydrogen-bond acceptors (Lipinski definition) is 3. The lowest BCUT2D eigenvalue weighted by Gasteiger charge is -2.29. The number of Topliss-reactive ketones (excluding diaryl/α,β-unsaturated/α-hetero) is 1. The quantitative estimate of drug-likeness (QED) is 0.351. The minimum atomic E-state index is -0.0729. The van der Waals surface area contributed by atoms with Crippen LogP contribution >= 0.6 is 0 Å². The molecule has 0 saturated carbocycles. The van der Waals surface area contributed by atoms with Gasteiger partial charge in [-0.05, 0) is 49.9 Å². The first-order valence-corrected chi connectivity index (χ1v) is 6.17. The number of carbonyl (C=O) groups is 1. The zero-order valence-electron chi connectivity index (χ0n) is 10.5. The number of hydrogen-bond donors (Lipinski definition) is 0. The van der Waals surface area contributed by atoms with Gasteiger partial charge in [0.2, 0.25) is 0 Å². The molecule has 0 N–H and O–H groups in total. The van der Waals surface area contributed by atoms with Crippen LogP contribution < -0.4 is 4.90 Å². The third-order valence-electron chi connectivity index (χ3n) is 3.23. The number of anilines is 1. The smallest absolute Gasteiger partial charge is 0.160 e. The molecule has 1 fully saturated rings. The van der Waals surface area contributed by atoms with E-state index in [1.807, 2.05) is 12.1 Å². The van der Waals surface area contributed by atoms with Gasteiger partial charge in [-0.1, -0.05) is 5.11 Å². The lowest BCUT2D eigenvalue weighted by molar-refractivity contribution is 0.101. The van der Waals surface area contributed by atoms with Crippen molar-refractivity contribution in [1.82, 2.24) is 0 Å². The topological polar surface area (TPSA) is 69.1 Å². The number of nitrogens with zero attached hydrogens (tertiary/aromatic N) is 4. The summed E-state index contributed by atoms with van der Waals surface area (Å²) < 4.78 is 0. The lowest BCUT2D eigenvalue weighted by atomic mass is 10.1. The molecule has 1 aromatic carbocycles. The first-order valence-electron chi connectivity index (χ1n) is 6.17. The van der Waals surface area contributed by atoms with Gasteiger partial charge in [0.1, 0.15) is 0 Å². The normalized spacial score (nSPS) is 15.1. The predicted molar refractivity (Wildman–Crippen MR) is 71.3 cm³/mol. The van der Waals surface area contributed by atoms with Gasteiger partial charge in [-0.25, -0.2) is 0 Å². The van der Waals surface area contributed by atoms with Crippen molar-refractivity contribution in [3.05, 3.63) is 34.2 Å². The van der Waals surface area contributed by atoms with Crippen molar-refractivity contribution < 1.29 is 4.79 Å². The van der Waals surface area contributed by atoms with Gasteiger partial charge in [0.15, 0.2) is 5.78 Å². The molecule has 0 aliphatic carbocycles. The first-order chi connectivity index (χ1) is 8.72. The highest BCUT2D eigenvalue weighted by Crippen LogP contribution is 2.27. The van der Waals surface area contributed by atoms with Crippen LogP contribution in [0.1, 0.15) is 36.5 Å². The summed E-state index contributed by atoms with van der Waals surface area (Å²) in [6.07, 6.45) is 3.65. The number of azide groups is 1. The lowest BCUT2D eigenvalue weighted by Crippen LogP contribution is -2.29. The highest BCUT2D eigenvalue weighted by molar-refractivity contribution is 5.99. The monoisotopic (exact) mass is 244 g/mol. The second-order valence-corrected chi connectivity index (χ2v) is 4.49. The fourth-order valence-electron chi connectivity index (χ4n) is 2.29. The molecule has 1 aromatic rings. The Morgan fingerprint density at radius 1 is 1.33 bits per heavy atom. The van der Waals surface area contributed by atoms with Crippen LogP contribution in [0, 0.1) is 0 Å². The number of rotatable bonds is 3. The first kappa shape index (κ1) is 12.5. The minimum absolute atomic E-state index is 0.0729. The van der Waals surface area contributed by atoms with Crippen LogP contribution in [0.5, 0.6) is 0 Å². The molecule has 0 spiro atoms. The molecule has 94 valence electrons. The number of benzene rings is 1. The molecule has 5 nitrogen and oxygen atoms in total. The van der Waals surface area contributed by atoms with Gasteiger partial charge < -0.3 is 4.90 Å². The van der Waals surface area contributed by atoms with Crippen molar-refractivity contribution >= 4 is 17.2 Å². The van der Waals surface area contributed by atoms with E-state index in [1.165, 1.54) is 26.2 Å². The Balaban J connectivity index is 2.35. The number of piperidine rings is 1. The maximum absolute atomic E-state index is 11.6. The van der Waals surface area contributed by atoms with Crippen LogP contribution in [0.3, 0.4) is 0 Å². The van der Waals surface area contributed by atoms with E-state index in [0.717, 1.165) is 18.8 Å². The summed E-state index contributed by atoms with van der Waals surface area (Å²) in [5.74, 6) is -0.0729. The molecule has 0 atom stereocenters. The number of carbonyl (C=O) groups excluding carboxylic acids is 1. The Bertz CT molecular complexity index is 500. The standard InChI is InChI=1S/C13H16N4O/c1-10(18)12-9-11(5-6-13(12)15-16-14)17-7-3-2-4-8-17/h5-6,9H,2-4,7-8H2,1H3. The Morgan fingerprint density at radius 2 is 2.06 bits per heavy atom. The van der Waals surface area contributed by atoms with E-state index in [1.54, 1.807) is 6.07 Å². The molecule has 0 bridgehead atoms. The van der Waals surface area contributed by atoms with Gasteiger partial charge in [0.25, 0.3) is 0 Å². The minimum Gasteiger partial charge on any atom is -0.372 e. The van der Waals surface area contributed by atoms with E-state index in [2.05, 4.69) is 14.9 Å². The summed E-state index contributed by atoms with van der Waals surface area (Å²) >= 11 is 0. The Kier molecular flexibility index (Phi) is 3.85. The fourth-order valence-corrected chi connectivity index (χ4v) is 2.29. The Hall–Kier alpha value is -2.00. The van der Waals surface area contributed by atoms with E-state index >= 15 is 0 Å². The van der Waals surface area contributed by atoms with E-state index < -0.39 is 0 Å². The average molecular weight is 244 g/mol. The van der Waals surface area contributed by atoms with Gasteiger partial charge in [-0.3, -0.25) is 4.79 Å². The number of ketones is 1. The van der Waals surface area contributed by atoms with Crippen molar-refractivity contribution in [2.75, 3.05) is 18.0 Å². The van der Waals surface area contributed by atoms with Crippen molar-refractivity contribution in [3.63, 3.8) is 0 Å². The van der Waals surface area contributed by atoms with Gasteiger partial charge >= 0.3 is 0 Å². The fraction of sp³-hybridized carbons (Fsp3) is 0.462. The molecule has 1 saturated heterocycles. The van der Waals surface area contributed by atoms with E-state index in [4.69, 9.17) is 5.53 Å². The maximum Gasteiger partial charge on any atom is 0.160 e. The predicted octanol–water partition coefficient (Wildman–Crippen LogP) is 3.82.